The van der Waals surface area contributed by atoms with E-state index in [2.05, 4.69) is 5.32 Å². The number of nitriles is 1. The van der Waals surface area contributed by atoms with Crippen molar-refractivity contribution >= 4 is 17.5 Å². The molecule has 0 saturated carbocycles. The number of aryl methyl sites for hydroxylation is 1. The monoisotopic (exact) mass is 380 g/mol. The van der Waals surface area contributed by atoms with E-state index >= 15 is 0 Å². The Morgan fingerprint density at radius 2 is 1.89 bits per heavy atom. The lowest BCUT2D eigenvalue weighted by Gasteiger charge is -2.16. The molecule has 1 aliphatic rings. The van der Waals surface area contributed by atoms with Crippen molar-refractivity contribution in [2.75, 3.05) is 25.0 Å². The Bertz CT molecular complexity index is 983. The number of pyridine rings is 1. The van der Waals surface area contributed by atoms with E-state index in [1.54, 1.807) is 29.2 Å². The minimum Gasteiger partial charge on any atom is -0.484 e. The molecule has 28 heavy (non-hydrogen) atoms. The number of hydrogen-bond donors (Lipinski definition) is 1. The van der Waals surface area contributed by atoms with Gasteiger partial charge in [-0.25, -0.2) is 0 Å². The summed E-state index contributed by atoms with van der Waals surface area (Å²) in [4.78, 5) is 38.8. The summed E-state index contributed by atoms with van der Waals surface area (Å²) in [5.74, 6) is -0.246. The van der Waals surface area contributed by atoms with E-state index in [0.29, 0.717) is 30.0 Å². The number of nitrogens with one attached hydrogen (secondary N) is 1. The summed E-state index contributed by atoms with van der Waals surface area (Å²) in [6.45, 7) is 1.09. The van der Waals surface area contributed by atoms with Gasteiger partial charge in [0.2, 0.25) is 0 Å². The van der Waals surface area contributed by atoms with Crippen LogP contribution >= 0.6 is 0 Å². The van der Waals surface area contributed by atoms with E-state index in [-0.39, 0.29) is 18.2 Å². The molecule has 0 aliphatic carbocycles. The number of benzene rings is 1. The third-order valence-electron chi connectivity index (χ3n) is 4.45. The van der Waals surface area contributed by atoms with E-state index in [4.69, 9.17) is 10.00 Å². The lowest BCUT2D eigenvalue weighted by atomic mass is 10.2. The van der Waals surface area contributed by atoms with Crippen molar-refractivity contribution in [2.45, 2.75) is 12.8 Å². The maximum Gasteiger partial charge on any atom is 0.274 e. The number of anilines is 1. The molecule has 0 unspecified atom stereocenters. The zero-order valence-corrected chi connectivity index (χ0v) is 15.5. The molecule has 1 aromatic carbocycles. The fourth-order valence-electron chi connectivity index (χ4n) is 2.98. The first-order valence-electron chi connectivity index (χ1n) is 8.90. The van der Waals surface area contributed by atoms with Gasteiger partial charge >= 0.3 is 0 Å². The van der Waals surface area contributed by atoms with Gasteiger partial charge in [0.15, 0.2) is 6.61 Å². The first-order valence-corrected chi connectivity index (χ1v) is 8.90. The highest BCUT2D eigenvalue weighted by atomic mass is 16.5. The Morgan fingerprint density at radius 1 is 1.21 bits per heavy atom. The molecule has 1 N–H and O–H groups in total. The summed E-state index contributed by atoms with van der Waals surface area (Å²) < 4.78 is 6.64. The van der Waals surface area contributed by atoms with Gasteiger partial charge in [0.05, 0.1) is 17.2 Å². The molecule has 1 aliphatic heterocycles. The smallest absolute Gasteiger partial charge is 0.274 e. The van der Waals surface area contributed by atoms with Gasteiger partial charge in [-0.2, -0.15) is 5.26 Å². The minimum absolute atomic E-state index is 0.0287. The number of amides is 2. The number of hydrogen-bond acceptors (Lipinski definition) is 5. The van der Waals surface area contributed by atoms with Gasteiger partial charge in [0, 0.05) is 26.3 Å². The van der Waals surface area contributed by atoms with Gasteiger partial charge in [0.1, 0.15) is 11.4 Å². The summed E-state index contributed by atoms with van der Waals surface area (Å²) in [7, 11) is 1.53. The second-order valence-corrected chi connectivity index (χ2v) is 6.53. The third-order valence-corrected chi connectivity index (χ3v) is 4.45. The maximum absolute atomic E-state index is 12.6. The maximum atomic E-state index is 12.6. The Hall–Kier alpha value is -3.60. The van der Waals surface area contributed by atoms with E-state index in [9.17, 15) is 14.4 Å². The summed E-state index contributed by atoms with van der Waals surface area (Å²) in [5.41, 5.74) is 0.456. The molecule has 1 aromatic heterocycles. The SMILES string of the molecule is Cn1cc(C(=O)N2CCCC2)cc(NC(=O)COc2ccc(C#N)cc2)c1=O. The molecule has 0 spiro atoms. The van der Waals surface area contributed by atoms with Crippen LogP contribution < -0.4 is 15.6 Å². The van der Waals surface area contributed by atoms with Crippen LogP contribution in [0.25, 0.3) is 0 Å². The number of likely N-dealkylation sites (tertiary alicyclic amines) is 1. The highest BCUT2D eigenvalue weighted by Crippen LogP contribution is 2.15. The molecule has 0 bridgehead atoms. The first-order chi connectivity index (χ1) is 13.5. The minimum atomic E-state index is -0.521. The highest BCUT2D eigenvalue weighted by molar-refractivity contribution is 5.97. The fraction of sp³-hybridized carbons (Fsp3) is 0.300. The van der Waals surface area contributed by atoms with Crippen LogP contribution in [-0.4, -0.2) is 41.0 Å². The first kappa shape index (κ1) is 19.2. The zero-order valence-electron chi connectivity index (χ0n) is 15.5. The van der Waals surface area contributed by atoms with Crippen LogP contribution in [0.4, 0.5) is 5.69 Å². The third kappa shape index (κ3) is 4.38. The Balaban J connectivity index is 1.68. The summed E-state index contributed by atoms with van der Waals surface area (Å²) in [6, 6.07) is 9.73. The molecule has 0 radical (unpaired) electrons. The van der Waals surface area contributed by atoms with Crippen LogP contribution in [0.2, 0.25) is 0 Å². The van der Waals surface area contributed by atoms with E-state index in [1.165, 1.54) is 23.9 Å². The van der Waals surface area contributed by atoms with Gasteiger partial charge in [-0.05, 0) is 43.2 Å². The molecule has 1 saturated heterocycles. The van der Waals surface area contributed by atoms with Gasteiger partial charge < -0.3 is 19.5 Å². The van der Waals surface area contributed by atoms with E-state index in [1.807, 2.05) is 6.07 Å². The van der Waals surface area contributed by atoms with Crippen molar-refractivity contribution in [1.29, 1.82) is 5.26 Å². The number of carbonyl (C=O) groups excluding carboxylic acids is 2. The predicted octanol–water partition coefficient (Wildman–Crippen LogP) is 1.51. The molecule has 8 nitrogen and oxygen atoms in total. The van der Waals surface area contributed by atoms with Gasteiger partial charge in [-0.3, -0.25) is 14.4 Å². The topological polar surface area (TPSA) is 104 Å². The average Bonchev–Trinajstić information content (AvgIpc) is 3.24. The summed E-state index contributed by atoms with van der Waals surface area (Å²) in [5, 5.41) is 11.3. The molecule has 2 heterocycles. The zero-order chi connectivity index (χ0) is 20.1. The molecule has 3 rings (SSSR count). The van der Waals surface area contributed by atoms with Crippen LogP contribution in [0.1, 0.15) is 28.8 Å². The lowest BCUT2D eigenvalue weighted by molar-refractivity contribution is -0.118. The van der Waals surface area contributed by atoms with Crippen LogP contribution in [0.15, 0.2) is 41.3 Å². The molecule has 0 atom stereocenters. The summed E-state index contributed by atoms with van der Waals surface area (Å²) in [6.07, 6.45) is 3.41. The quantitative estimate of drug-likeness (QED) is 0.847. The normalized spacial score (nSPS) is 13.1. The fourth-order valence-corrected chi connectivity index (χ4v) is 2.98. The largest absolute Gasteiger partial charge is 0.484 e. The second kappa shape index (κ2) is 8.39. The molecular formula is C20H20N4O4. The van der Waals surface area contributed by atoms with Crippen molar-refractivity contribution in [3.05, 3.63) is 58.0 Å². The standard InChI is InChI=1S/C20H20N4O4/c1-23-12-15(19(26)24-8-2-3-9-24)10-17(20(23)27)22-18(25)13-28-16-6-4-14(11-21)5-7-16/h4-7,10,12H,2-3,8-9,13H2,1H3,(H,22,25). The predicted molar refractivity (Wildman–Crippen MR) is 102 cm³/mol. The van der Waals surface area contributed by atoms with Crippen molar-refractivity contribution < 1.29 is 14.3 Å². The molecular weight excluding hydrogens is 360 g/mol. The molecule has 144 valence electrons. The number of carbonyl (C=O) groups is 2. The van der Waals surface area contributed by atoms with Gasteiger partial charge in [-0.15, -0.1) is 0 Å². The molecule has 2 amide bonds. The molecule has 2 aromatic rings. The van der Waals surface area contributed by atoms with Crippen molar-refractivity contribution in [3.63, 3.8) is 0 Å². The lowest BCUT2D eigenvalue weighted by Crippen LogP contribution is -2.31. The Kier molecular flexibility index (Phi) is 5.75. The Morgan fingerprint density at radius 3 is 2.54 bits per heavy atom. The number of nitrogens with zero attached hydrogens (tertiary/aromatic N) is 3. The van der Waals surface area contributed by atoms with Crippen LogP contribution in [0, 0.1) is 11.3 Å². The van der Waals surface area contributed by atoms with E-state index in [0.717, 1.165) is 12.8 Å². The molecule has 8 heteroatoms. The second-order valence-electron chi connectivity index (χ2n) is 6.53. The number of rotatable bonds is 5. The molecule has 1 fully saturated rings. The average molecular weight is 380 g/mol. The number of aromatic nitrogens is 1. The van der Waals surface area contributed by atoms with E-state index < -0.39 is 11.5 Å². The number of ether oxygens (including phenoxy) is 1. The van der Waals surface area contributed by atoms with Crippen LogP contribution in [0.3, 0.4) is 0 Å². The Labute approximate surface area is 161 Å². The van der Waals surface area contributed by atoms with Crippen LogP contribution in [-0.2, 0) is 11.8 Å². The van der Waals surface area contributed by atoms with Crippen LogP contribution in [0.5, 0.6) is 5.75 Å². The van der Waals surface area contributed by atoms with Crippen molar-refractivity contribution in [1.82, 2.24) is 9.47 Å². The van der Waals surface area contributed by atoms with Gasteiger partial charge in [-0.1, -0.05) is 0 Å². The van der Waals surface area contributed by atoms with Gasteiger partial charge in [0.25, 0.3) is 17.4 Å². The van der Waals surface area contributed by atoms with Crippen molar-refractivity contribution in [3.8, 4) is 11.8 Å². The highest BCUT2D eigenvalue weighted by Gasteiger charge is 2.21. The summed E-state index contributed by atoms with van der Waals surface area (Å²) >= 11 is 0. The van der Waals surface area contributed by atoms with Crippen molar-refractivity contribution in [2.24, 2.45) is 7.05 Å².